The lowest BCUT2D eigenvalue weighted by Gasteiger charge is -2.28. The zero-order valence-corrected chi connectivity index (χ0v) is 9.92. The van der Waals surface area contributed by atoms with E-state index in [1.54, 1.807) is 0 Å². The third-order valence-corrected chi connectivity index (χ3v) is 2.84. The van der Waals surface area contributed by atoms with Crippen LogP contribution in [0.15, 0.2) is 0 Å². The van der Waals surface area contributed by atoms with Gasteiger partial charge in [-0.05, 0) is 32.1 Å². The Morgan fingerprint density at radius 1 is 1.00 bits per heavy atom. The maximum Gasteiger partial charge on any atom is 0.0648 e. The van der Waals surface area contributed by atoms with Crippen molar-refractivity contribution < 1.29 is 10.2 Å². The first-order valence-electron chi connectivity index (χ1n) is 5.98. The lowest BCUT2D eigenvalue weighted by atomic mass is 9.87. The van der Waals surface area contributed by atoms with Gasteiger partial charge >= 0.3 is 0 Å². The molecule has 0 aromatic rings. The topological polar surface area (TPSA) is 40.5 Å². The molecule has 0 saturated carbocycles. The minimum atomic E-state index is -0.528. The van der Waals surface area contributed by atoms with E-state index in [4.69, 9.17) is 0 Å². The van der Waals surface area contributed by atoms with E-state index in [-0.39, 0.29) is 6.10 Å². The molecule has 1 unspecified atom stereocenters. The van der Waals surface area contributed by atoms with Gasteiger partial charge in [0.15, 0.2) is 0 Å². The second-order valence-electron chi connectivity index (χ2n) is 4.33. The molecule has 0 fully saturated rings. The van der Waals surface area contributed by atoms with E-state index in [0.29, 0.717) is 0 Å². The molecule has 0 radical (unpaired) electrons. The molecule has 0 aliphatic heterocycles. The van der Waals surface area contributed by atoms with Crippen molar-refractivity contribution in [2.45, 2.75) is 77.4 Å². The van der Waals surface area contributed by atoms with Crippen molar-refractivity contribution in [2.75, 3.05) is 0 Å². The molecular weight excluding hydrogens is 176 g/mol. The highest BCUT2D eigenvalue weighted by Gasteiger charge is 2.24. The first-order chi connectivity index (χ1) is 6.58. The standard InChI is InChI=1S/C12H26O2/c1-4-8-12(14,9-5-2)10-7-11(13)6-3/h11,13-14H,4-10H2,1-3H3. The van der Waals surface area contributed by atoms with Gasteiger partial charge in [-0.2, -0.15) is 0 Å². The normalized spacial score (nSPS) is 14.4. The Morgan fingerprint density at radius 3 is 1.86 bits per heavy atom. The van der Waals surface area contributed by atoms with Crippen LogP contribution in [-0.4, -0.2) is 21.9 Å². The highest BCUT2D eigenvalue weighted by Crippen LogP contribution is 2.26. The van der Waals surface area contributed by atoms with Crippen LogP contribution in [0.1, 0.15) is 65.7 Å². The second-order valence-corrected chi connectivity index (χ2v) is 4.33. The fraction of sp³-hybridized carbons (Fsp3) is 1.00. The minimum absolute atomic E-state index is 0.241. The molecule has 1 atom stereocenters. The number of rotatable bonds is 8. The van der Waals surface area contributed by atoms with Gasteiger partial charge in [-0.15, -0.1) is 0 Å². The Hall–Kier alpha value is -0.0800. The summed E-state index contributed by atoms with van der Waals surface area (Å²) >= 11 is 0. The third-order valence-electron chi connectivity index (χ3n) is 2.84. The number of hydrogen-bond donors (Lipinski definition) is 2. The highest BCUT2D eigenvalue weighted by molar-refractivity contribution is 4.78. The van der Waals surface area contributed by atoms with Crippen molar-refractivity contribution in [3.63, 3.8) is 0 Å². The van der Waals surface area contributed by atoms with Crippen molar-refractivity contribution in [3.05, 3.63) is 0 Å². The van der Waals surface area contributed by atoms with Gasteiger partial charge in [0, 0.05) is 0 Å². The average Bonchev–Trinajstić information content (AvgIpc) is 2.15. The molecule has 0 saturated heterocycles. The number of aliphatic hydroxyl groups is 2. The molecular formula is C12H26O2. The smallest absolute Gasteiger partial charge is 0.0648 e. The lowest BCUT2D eigenvalue weighted by Crippen LogP contribution is -2.29. The molecule has 2 N–H and O–H groups in total. The quantitative estimate of drug-likeness (QED) is 0.635. The molecule has 0 heterocycles. The summed E-state index contributed by atoms with van der Waals surface area (Å²) in [5.41, 5.74) is -0.528. The van der Waals surface area contributed by atoms with Gasteiger partial charge in [0.1, 0.15) is 0 Å². The van der Waals surface area contributed by atoms with Crippen LogP contribution in [0.25, 0.3) is 0 Å². The maximum absolute atomic E-state index is 10.2. The van der Waals surface area contributed by atoms with Crippen molar-refractivity contribution in [2.24, 2.45) is 0 Å². The Balaban J connectivity index is 3.94. The Kier molecular flexibility index (Phi) is 7.20. The maximum atomic E-state index is 10.2. The molecule has 0 aliphatic rings. The molecule has 2 nitrogen and oxygen atoms in total. The third kappa shape index (κ3) is 5.61. The van der Waals surface area contributed by atoms with Crippen molar-refractivity contribution >= 4 is 0 Å². The van der Waals surface area contributed by atoms with Gasteiger partial charge in [0.05, 0.1) is 11.7 Å². The van der Waals surface area contributed by atoms with E-state index in [1.807, 2.05) is 6.92 Å². The van der Waals surface area contributed by atoms with Gasteiger partial charge in [0.25, 0.3) is 0 Å². The summed E-state index contributed by atoms with van der Waals surface area (Å²) in [5.74, 6) is 0. The van der Waals surface area contributed by atoms with E-state index < -0.39 is 5.60 Å². The van der Waals surface area contributed by atoms with Gasteiger partial charge < -0.3 is 10.2 Å². The van der Waals surface area contributed by atoms with Gasteiger partial charge in [0.2, 0.25) is 0 Å². The fourth-order valence-electron chi connectivity index (χ4n) is 1.95. The van der Waals surface area contributed by atoms with Crippen LogP contribution in [0.2, 0.25) is 0 Å². The zero-order chi connectivity index (χ0) is 11.0. The molecule has 0 aromatic carbocycles. The summed E-state index contributed by atoms with van der Waals surface area (Å²) < 4.78 is 0. The minimum Gasteiger partial charge on any atom is -0.393 e. The van der Waals surface area contributed by atoms with E-state index >= 15 is 0 Å². The molecule has 0 aromatic heterocycles. The monoisotopic (exact) mass is 202 g/mol. The van der Waals surface area contributed by atoms with E-state index in [9.17, 15) is 10.2 Å². The van der Waals surface area contributed by atoms with Crippen LogP contribution in [-0.2, 0) is 0 Å². The summed E-state index contributed by atoms with van der Waals surface area (Å²) in [6.07, 6.45) is 5.76. The molecule has 2 heteroatoms. The van der Waals surface area contributed by atoms with Crippen molar-refractivity contribution in [1.82, 2.24) is 0 Å². The van der Waals surface area contributed by atoms with Crippen LogP contribution < -0.4 is 0 Å². The predicted octanol–water partition coefficient (Wildman–Crippen LogP) is 2.87. The SMILES string of the molecule is CCCC(O)(CCC)CCC(O)CC. The average molecular weight is 202 g/mol. The number of aliphatic hydroxyl groups excluding tert-OH is 1. The predicted molar refractivity (Wildman–Crippen MR) is 60.3 cm³/mol. The molecule has 0 bridgehead atoms. The van der Waals surface area contributed by atoms with Crippen LogP contribution in [0.4, 0.5) is 0 Å². The second kappa shape index (κ2) is 7.24. The summed E-state index contributed by atoms with van der Waals surface area (Å²) in [6.45, 7) is 6.16. The summed E-state index contributed by atoms with van der Waals surface area (Å²) in [6, 6.07) is 0. The van der Waals surface area contributed by atoms with Crippen molar-refractivity contribution in [3.8, 4) is 0 Å². The van der Waals surface area contributed by atoms with Crippen LogP contribution in [0, 0.1) is 0 Å². The summed E-state index contributed by atoms with van der Waals surface area (Å²) in [5, 5.41) is 19.7. The van der Waals surface area contributed by atoms with Gasteiger partial charge in [-0.25, -0.2) is 0 Å². The Morgan fingerprint density at radius 2 is 1.50 bits per heavy atom. The van der Waals surface area contributed by atoms with E-state index in [0.717, 1.165) is 44.9 Å². The molecule has 0 spiro atoms. The van der Waals surface area contributed by atoms with Crippen LogP contribution in [0.5, 0.6) is 0 Å². The zero-order valence-electron chi connectivity index (χ0n) is 9.92. The lowest BCUT2D eigenvalue weighted by molar-refractivity contribution is -0.00112. The van der Waals surface area contributed by atoms with E-state index in [2.05, 4.69) is 13.8 Å². The highest BCUT2D eigenvalue weighted by atomic mass is 16.3. The Labute approximate surface area is 88.3 Å². The molecule has 0 aliphatic carbocycles. The summed E-state index contributed by atoms with van der Waals surface area (Å²) in [4.78, 5) is 0. The van der Waals surface area contributed by atoms with Gasteiger partial charge in [-0.3, -0.25) is 0 Å². The fourth-order valence-corrected chi connectivity index (χ4v) is 1.95. The largest absolute Gasteiger partial charge is 0.393 e. The van der Waals surface area contributed by atoms with Crippen molar-refractivity contribution in [1.29, 1.82) is 0 Å². The first kappa shape index (κ1) is 13.9. The van der Waals surface area contributed by atoms with Gasteiger partial charge in [-0.1, -0.05) is 33.6 Å². The first-order valence-corrected chi connectivity index (χ1v) is 5.98. The Bertz CT molecular complexity index is 128. The molecule has 0 amide bonds. The van der Waals surface area contributed by atoms with Crippen LogP contribution >= 0.6 is 0 Å². The van der Waals surface area contributed by atoms with Crippen LogP contribution in [0.3, 0.4) is 0 Å². The molecule has 0 rings (SSSR count). The number of hydrogen-bond acceptors (Lipinski definition) is 2. The molecule has 14 heavy (non-hydrogen) atoms. The van der Waals surface area contributed by atoms with E-state index in [1.165, 1.54) is 0 Å². The summed E-state index contributed by atoms with van der Waals surface area (Å²) in [7, 11) is 0. The molecule has 86 valence electrons.